The molecule has 6 heteroatoms. The molecule has 0 bridgehead atoms. The summed E-state index contributed by atoms with van der Waals surface area (Å²) in [7, 11) is 0. The quantitative estimate of drug-likeness (QED) is 0.799. The van der Waals surface area contributed by atoms with E-state index in [2.05, 4.69) is 46.5 Å². The minimum absolute atomic E-state index is 0.0899. The van der Waals surface area contributed by atoms with Gasteiger partial charge in [0.1, 0.15) is 17.6 Å². The van der Waals surface area contributed by atoms with Gasteiger partial charge >= 0.3 is 0 Å². The number of halogens is 2. The Labute approximate surface area is 146 Å². The van der Waals surface area contributed by atoms with Gasteiger partial charge in [0.15, 0.2) is 5.82 Å². The number of alkyl halides is 1. The molecule has 1 N–H and O–H groups in total. The van der Waals surface area contributed by atoms with Crippen molar-refractivity contribution in [3.05, 3.63) is 52.4 Å². The van der Waals surface area contributed by atoms with E-state index in [-0.39, 0.29) is 23.2 Å². The van der Waals surface area contributed by atoms with Crippen LogP contribution in [0.4, 0.5) is 10.2 Å². The van der Waals surface area contributed by atoms with Gasteiger partial charge in [-0.25, -0.2) is 14.4 Å². The van der Waals surface area contributed by atoms with Gasteiger partial charge in [-0.3, -0.25) is 0 Å². The van der Waals surface area contributed by atoms with Crippen molar-refractivity contribution in [3.8, 4) is 0 Å². The molecule has 1 aliphatic rings. The first-order valence-corrected chi connectivity index (χ1v) is 8.57. The molecule has 0 amide bonds. The second kappa shape index (κ2) is 7.90. The van der Waals surface area contributed by atoms with Crippen LogP contribution < -0.4 is 5.32 Å². The molecule has 2 heterocycles. The molecule has 24 heavy (non-hydrogen) atoms. The molecule has 2 atom stereocenters. The van der Waals surface area contributed by atoms with Gasteiger partial charge in [0.05, 0.1) is 12.2 Å². The van der Waals surface area contributed by atoms with Crippen LogP contribution in [0.5, 0.6) is 0 Å². The summed E-state index contributed by atoms with van der Waals surface area (Å²) in [6, 6.07) is 10.1. The maximum Gasteiger partial charge on any atom is 0.163 e. The van der Waals surface area contributed by atoms with E-state index in [0.29, 0.717) is 12.4 Å². The Kier molecular flexibility index (Phi) is 5.63. The molecule has 2 aromatic rings. The first-order chi connectivity index (χ1) is 11.6. The van der Waals surface area contributed by atoms with Crippen LogP contribution in [0.1, 0.15) is 42.3 Å². The molecule has 128 valence electrons. The van der Waals surface area contributed by atoms with E-state index < -0.39 is 6.67 Å². The fourth-order valence-electron chi connectivity index (χ4n) is 2.91. The zero-order valence-electron chi connectivity index (χ0n) is 13.6. The number of rotatable bonds is 5. The highest BCUT2D eigenvalue weighted by atomic mass is 35.5. The summed E-state index contributed by atoms with van der Waals surface area (Å²) in [5.74, 6) is 0.621. The van der Waals surface area contributed by atoms with Crippen molar-refractivity contribution in [2.75, 3.05) is 11.9 Å². The number of anilines is 1. The number of aryl methyl sites for hydroxylation is 1. The summed E-state index contributed by atoms with van der Waals surface area (Å²) in [4.78, 5) is 7.90. The molecule has 0 radical (unpaired) electrons. The summed E-state index contributed by atoms with van der Waals surface area (Å²) in [6.07, 6.45) is 3.36. The molecule has 1 aromatic carbocycles. The number of nitrogens with zero attached hydrogens (tertiary/aromatic N) is 2. The van der Waals surface area contributed by atoms with Gasteiger partial charge in [0, 0.05) is 12.6 Å². The van der Waals surface area contributed by atoms with Gasteiger partial charge in [-0.2, -0.15) is 0 Å². The van der Waals surface area contributed by atoms with E-state index in [1.807, 2.05) is 0 Å². The lowest BCUT2D eigenvalue weighted by Crippen LogP contribution is -2.29. The summed E-state index contributed by atoms with van der Waals surface area (Å²) >= 11 is 5.88. The Hall–Kier alpha value is -1.72. The van der Waals surface area contributed by atoms with Crippen LogP contribution in [0.25, 0.3) is 0 Å². The molecule has 1 fully saturated rings. The van der Waals surface area contributed by atoms with E-state index in [1.54, 1.807) is 6.07 Å². The normalized spacial score (nSPS) is 20.8. The zero-order valence-corrected chi connectivity index (χ0v) is 14.4. The fraction of sp³-hybridized carbons (Fsp3) is 0.444. The van der Waals surface area contributed by atoms with E-state index >= 15 is 0 Å². The number of benzene rings is 1. The number of hydrogen-bond donors (Lipinski definition) is 1. The predicted octanol–water partition coefficient (Wildman–Crippen LogP) is 4.63. The Morgan fingerprint density at radius 2 is 2.04 bits per heavy atom. The number of nitrogens with one attached hydrogen (secondary N) is 1. The summed E-state index contributed by atoms with van der Waals surface area (Å²) in [5.41, 5.74) is 2.46. The van der Waals surface area contributed by atoms with Gasteiger partial charge in [-0.15, -0.1) is 0 Å². The summed E-state index contributed by atoms with van der Waals surface area (Å²) < 4.78 is 18.9. The van der Waals surface area contributed by atoms with Crippen LogP contribution in [0, 0.1) is 6.92 Å². The Bertz CT molecular complexity index is 680. The zero-order chi connectivity index (χ0) is 16.9. The molecule has 1 aliphatic heterocycles. The fourth-order valence-corrected chi connectivity index (χ4v) is 3.11. The second-order valence-electron chi connectivity index (χ2n) is 6.09. The first kappa shape index (κ1) is 17.1. The van der Waals surface area contributed by atoms with Gasteiger partial charge in [0.2, 0.25) is 0 Å². The van der Waals surface area contributed by atoms with E-state index in [1.165, 1.54) is 11.1 Å². The third kappa shape index (κ3) is 4.42. The number of hydrogen-bond acceptors (Lipinski definition) is 4. The van der Waals surface area contributed by atoms with Crippen LogP contribution >= 0.6 is 11.6 Å². The highest BCUT2D eigenvalue weighted by Crippen LogP contribution is 2.31. The molecule has 1 aromatic heterocycles. The Balaban J connectivity index is 1.59. The van der Waals surface area contributed by atoms with E-state index in [9.17, 15) is 4.39 Å². The van der Waals surface area contributed by atoms with Crippen molar-refractivity contribution in [1.82, 2.24) is 9.97 Å². The maximum absolute atomic E-state index is 12.7. The van der Waals surface area contributed by atoms with Gasteiger partial charge in [-0.1, -0.05) is 41.4 Å². The lowest BCUT2D eigenvalue weighted by atomic mass is 9.97. The molecular weight excluding hydrogens is 329 g/mol. The van der Waals surface area contributed by atoms with Crippen LogP contribution in [-0.2, 0) is 11.4 Å². The van der Waals surface area contributed by atoms with Gasteiger partial charge in [-0.05, 0) is 31.7 Å². The standard InChI is InChI=1S/C18H21ClFN3O/c1-12-5-7-13(8-6-12)15-4-2-3-14(24-15)11-21-17-9-16(19)22-18(10-20)23-17/h5-9,14-15H,2-4,10-11H2,1H3,(H,21,22,23)/t14-,15+/m1/s1. The molecule has 0 aliphatic carbocycles. The van der Waals surface area contributed by atoms with Crippen LogP contribution in [0.2, 0.25) is 5.15 Å². The Morgan fingerprint density at radius 1 is 1.25 bits per heavy atom. The van der Waals surface area contributed by atoms with Crippen molar-refractivity contribution in [2.24, 2.45) is 0 Å². The number of ether oxygens (including phenoxy) is 1. The maximum atomic E-state index is 12.7. The van der Waals surface area contributed by atoms with Crippen LogP contribution in [0.3, 0.4) is 0 Å². The first-order valence-electron chi connectivity index (χ1n) is 8.19. The highest BCUT2D eigenvalue weighted by molar-refractivity contribution is 6.29. The largest absolute Gasteiger partial charge is 0.368 e. The SMILES string of the molecule is Cc1ccc([C@@H]2CCC[C@H](CNc3cc(Cl)nc(CF)n3)O2)cc1. The lowest BCUT2D eigenvalue weighted by Gasteiger charge is -2.30. The average molecular weight is 350 g/mol. The van der Waals surface area contributed by atoms with Crippen molar-refractivity contribution in [1.29, 1.82) is 0 Å². The molecule has 1 saturated heterocycles. The molecular formula is C18H21ClFN3O. The van der Waals surface area contributed by atoms with E-state index in [0.717, 1.165) is 19.3 Å². The minimum atomic E-state index is -0.731. The smallest absolute Gasteiger partial charge is 0.163 e. The monoisotopic (exact) mass is 349 g/mol. The van der Waals surface area contributed by atoms with Crippen molar-refractivity contribution in [2.45, 2.75) is 45.1 Å². The molecule has 0 unspecified atom stereocenters. The minimum Gasteiger partial charge on any atom is -0.368 e. The number of aromatic nitrogens is 2. The lowest BCUT2D eigenvalue weighted by molar-refractivity contribution is -0.0442. The highest BCUT2D eigenvalue weighted by Gasteiger charge is 2.23. The second-order valence-corrected chi connectivity index (χ2v) is 6.48. The molecule has 4 nitrogen and oxygen atoms in total. The molecule has 3 rings (SSSR count). The predicted molar refractivity (Wildman–Crippen MR) is 93.0 cm³/mol. The van der Waals surface area contributed by atoms with Gasteiger partial charge < -0.3 is 10.1 Å². The molecule has 0 spiro atoms. The average Bonchev–Trinajstić information content (AvgIpc) is 2.60. The van der Waals surface area contributed by atoms with Gasteiger partial charge in [0.25, 0.3) is 0 Å². The Morgan fingerprint density at radius 3 is 2.79 bits per heavy atom. The van der Waals surface area contributed by atoms with Crippen molar-refractivity contribution < 1.29 is 9.13 Å². The third-order valence-corrected chi connectivity index (χ3v) is 4.36. The van der Waals surface area contributed by atoms with Crippen molar-refractivity contribution >= 4 is 17.4 Å². The van der Waals surface area contributed by atoms with Crippen LogP contribution in [0.15, 0.2) is 30.3 Å². The van der Waals surface area contributed by atoms with Crippen LogP contribution in [-0.4, -0.2) is 22.6 Å². The summed E-state index contributed by atoms with van der Waals surface area (Å²) in [6.45, 7) is 1.96. The third-order valence-electron chi connectivity index (χ3n) is 4.17. The summed E-state index contributed by atoms with van der Waals surface area (Å²) in [5, 5.41) is 3.42. The topological polar surface area (TPSA) is 47.0 Å². The molecule has 0 saturated carbocycles. The van der Waals surface area contributed by atoms with E-state index in [4.69, 9.17) is 16.3 Å². The van der Waals surface area contributed by atoms with Crippen molar-refractivity contribution in [3.63, 3.8) is 0 Å².